The SMILES string of the molecule is Cc1ccc(-n2c(C)nnc2SCC(=O)NCc2ccc(C(=O)N3CCCCC3)cc2)cc1. The van der Waals surface area contributed by atoms with E-state index in [4.69, 9.17) is 0 Å². The van der Waals surface area contributed by atoms with E-state index in [0.29, 0.717) is 17.3 Å². The van der Waals surface area contributed by atoms with Crippen LogP contribution in [0.4, 0.5) is 0 Å². The molecule has 0 spiro atoms. The summed E-state index contributed by atoms with van der Waals surface area (Å²) < 4.78 is 1.95. The summed E-state index contributed by atoms with van der Waals surface area (Å²) in [6, 6.07) is 15.6. The van der Waals surface area contributed by atoms with Gasteiger partial charge in [0.15, 0.2) is 5.16 Å². The molecule has 7 nitrogen and oxygen atoms in total. The number of hydrogen-bond donors (Lipinski definition) is 1. The lowest BCUT2D eigenvalue weighted by atomic mass is 10.1. The predicted octanol–water partition coefficient (Wildman–Crippen LogP) is 3.92. The minimum absolute atomic E-state index is 0.0791. The Balaban J connectivity index is 1.29. The maximum Gasteiger partial charge on any atom is 0.253 e. The molecule has 0 bridgehead atoms. The molecular weight excluding hydrogens is 434 g/mol. The van der Waals surface area contributed by atoms with Gasteiger partial charge in [0.2, 0.25) is 5.91 Å². The fourth-order valence-electron chi connectivity index (χ4n) is 3.85. The Morgan fingerprint density at radius 3 is 2.33 bits per heavy atom. The van der Waals surface area contributed by atoms with E-state index in [-0.39, 0.29) is 17.6 Å². The van der Waals surface area contributed by atoms with Crippen molar-refractivity contribution in [3.8, 4) is 5.69 Å². The first kappa shape index (κ1) is 23.0. The minimum Gasteiger partial charge on any atom is -0.351 e. The van der Waals surface area contributed by atoms with E-state index in [2.05, 4.69) is 15.5 Å². The Labute approximate surface area is 198 Å². The Hall–Kier alpha value is -3.13. The van der Waals surface area contributed by atoms with Gasteiger partial charge in [-0.25, -0.2) is 0 Å². The zero-order chi connectivity index (χ0) is 23.2. The van der Waals surface area contributed by atoms with Crippen LogP contribution in [0.15, 0.2) is 53.7 Å². The lowest BCUT2D eigenvalue weighted by Crippen LogP contribution is -2.35. The molecular formula is C25H29N5O2S. The number of likely N-dealkylation sites (tertiary alicyclic amines) is 1. The number of aromatic nitrogens is 3. The molecule has 1 N–H and O–H groups in total. The van der Waals surface area contributed by atoms with Gasteiger partial charge >= 0.3 is 0 Å². The molecule has 1 saturated heterocycles. The molecule has 1 aliphatic heterocycles. The summed E-state index contributed by atoms with van der Waals surface area (Å²) >= 11 is 1.36. The molecule has 0 atom stereocenters. The number of piperidine rings is 1. The van der Waals surface area contributed by atoms with E-state index < -0.39 is 0 Å². The van der Waals surface area contributed by atoms with Crippen molar-refractivity contribution in [1.29, 1.82) is 0 Å². The van der Waals surface area contributed by atoms with Crippen LogP contribution in [0.3, 0.4) is 0 Å². The van der Waals surface area contributed by atoms with Crippen LogP contribution in [-0.4, -0.2) is 50.3 Å². The predicted molar refractivity (Wildman–Crippen MR) is 130 cm³/mol. The highest BCUT2D eigenvalue weighted by Crippen LogP contribution is 2.22. The van der Waals surface area contributed by atoms with Crippen LogP contribution in [0, 0.1) is 13.8 Å². The number of carbonyl (C=O) groups excluding carboxylic acids is 2. The molecule has 2 amide bonds. The number of thioether (sulfide) groups is 1. The van der Waals surface area contributed by atoms with E-state index in [1.165, 1.54) is 23.7 Å². The van der Waals surface area contributed by atoms with Crippen LogP contribution in [0.25, 0.3) is 5.69 Å². The topological polar surface area (TPSA) is 80.1 Å². The third-order valence-corrected chi connectivity index (χ3v) is 6.68. The van der Waals surface area contributed by atoms with E-state index in [1.54, 1.807) is 0 Å². The van der Waals surface area contributed by atoms with Crippen LogP contribution in [0.2, 0.25) is 0 Å². The molecule has 0 unspecified atom stereocenters. The van der Waals surface area contributed by atoms with Gasteiger partial charge in [0.1, 0.15) is 5.82 Å². The van der Waals surface area contributed by atoms with Gasteiger partial charge in [-0.05, 0) is 62.9 Å². The molecule has 1 fully saturated rings. The number of amides is 2. The van der Waals surface area contributed by atoms with Gasteiger partial charge in [-0.2, -0.15) is 0 Å². The fraction of sp³-hybridized carbons (Fsp3) is 0.360. The number of nitrogens with zero attached hydrogens (tertiary/aromatic N) is 4. The molecule has 2 aromatic carbocycles. The second-order valence-corrected chi connectivity index (χ2v) is 9.26. The smallest absolute Gasteiger partial charge is 0.253 e. The first-order valence-corrected chi connectivity index (χ1v) is 12.3. The van der Waals surface area contributed by atoms with Gasteiger partial charge in [-0.1, -0.05) is 41.6 Å². The standard InChI is InChI=1S/C25H29N5O2S/c1-18-6-12-22(13-7-18)30-19(2)27-28-25(30)33-17-23(31)26-16-20-8-10-21(11-9-20)24(32)29-14-4-3-5-15-29/h6-13H,3-5,14-17H2,1-2H3,(H,26,31). The largest absolute Gasteiger partial charge is 0.351 e. The molecule has 172 valence electrons. The fourth-order valence-corrected chi connectivity index (χ4v) is 4.68. The van der Waals surface area contributed by atoms with Gasteiger partial charge in [-0.3, -0.25) is 14.2 Å². The third-order valence-electron chi connectivity index (χ3n) is 5.75. The van der Waals surface area contributed by atoms with Gasteiger partial charge in [0.05, 0.1) is 5.75 Å². The second-order valence-electron chi connectivity index (χ2n) is 8.32. The van der Waals surface area contributed by atoms with Gasteiger partial charge in [-0.15, -0.1) is 10.2 Å². The van der Waals surface area contributed by atoms with Crippen LogP contribution in [0.1, 0.15) is 46.6 Å². The van der Waals surface area contributed by atoms with Gasteiger partial charge in [0, 0.05) is 30.9 Å². The summed E-state index contributed by atoms with van der Waals surface area (Å²) in [6.07, 6.45) is 3.36. The number of aryl methyl sites for hydroxylation is 2. The van der Waals surface area contributed by atoms with E-state index >= 15 is 0 Å². The van der Waals surface area contributed by atoms with Crippen molar-refractivity contribution in [2.45, 2.75) is 44.8 Å². The number of rotatable bonds is 7. The first-order chi connectivity index (χ1) is 16.0. The highest BCUT2D eigenvalue weighted by molar-refractivity contribution is 7.99. The van der Waals surface area contributed by atoms with Gasteiger partial charge in [0.25, 0.3) is 5.91 Å². The molecule has 0 radical (unpaired) electrons. The van der Waals surface area contributed by atoms with Crippen LogP contribution >= 0.6 is 11.8 Å². The molecule has 1 aromatic heterocycles. The van der Waals surface area contributed by atoms with Crippen molar-refractivity contribution in [3.63, 3.8) is 0 Å². The molecule has 1 aliphatic rings. The monoisotopic (exact) mass is 463 g/mol. The Bertz CT molecular complexity index is 1100. The summed E-state index contributed by atoms with van der Waals surface area (Å²) in [5.74, 6) is 1.04. The number of benzene rings is 2. The van der Waals surface area contributed by atoms with Crippen LogP contribution < -0.4 is 5.32 Å². The molecule has 4 rings (SSSR count). The molecule has 0 saturated carbocycles. The Kier molecular flexibility index (Phi) is 7.44. The van der Waals surface area contributed by atoms with Crippen molar-refractivity contribution >= 4 is 23.6 Å². The summed E-state index contributed by atoms with van der Waals surface area (Å²) in [5, 5.41) is 12.0. The highest BCUT2D eigenvalue weighted by atomic mass is 32.2. The lowest BCUT2D eigenvalue weighted by molar-refractivity contribution is -0.118. The van der Waals surface area contributed by atoms with Crippen LogP contribution in [0.5, 0.6) is 0 Å². The maximum absolute atomic E-state index is 12.6. The summed E-state index contributed by atoms with van der Waals surface area (Å²) in [7, 11) is 0. The van der Waals surface area contributed by atoms with E-state index in [0.717, 1.165) is 43.0 Å². The average molecular weight is 464 g/mol. The number of hydrogen-bond acceptors (Lipinski definition) is 5. The van der Waals surface area contributed by atoms with Crippen molar-refractivity contribution < 1.29 is 9.59 Å². The molecule has 33 heavy (non-hydrogen) atoms. The quantitative estimate of drug-likeness (QED) is 0.537. The van der Waals surface area contributed by atoms with Crippen molar-refractivity contribution in [1.82, 2.24) is 25.0 Å². The van der Waals surface area contributed by atoms with Crippen molar-refractivity contribution in [3.05, 3.63) is 71.0 Å². The average Bonchev–Trinajstić information content (AvgIpc) is 3.22. The normalized spacial score (nSPS) is 13.7. The Morgan fingerprint density at radius 1 is 0.939 bits per heavy atom. The third kappa shape index (κ3) is 5.82. The van der Waals surface area contributed by atoms with Crippen molar-refractivity contribution in [2.75, 3.05) is 18.8 Å². The minimum atomic E-state index is -0.0791. The van der Waals surface area contributed by atoms with Crippen molar-refractivity contribution in [2.24, 2.45) is 0 Å². The number of carbonyl (C=O) groups is 2. The van der Waals surface area contributed by atoms with E-state index in [1.807, 2.05) is 71.8 Å². The number of nitrogens with one attached hydrogen (secondary N) is 1. The first-order valence-electron chi connectivity index (χ1n) is 11.3. The summed E-state index contributed by atoms with van der Waals surface area (Å²) in [5.41, 5.74) is 3.82. The second kappa shape index (κ2) is 10.7. The molecule has 3 aromatic rings. The summed E-state index contributed by atoms with van der Waals surface area (Å²) in [6.45, 7) is 6.04. The Morgan fingerprint density at radius 2 is 1.64 bits per heavy atom. The molecule has 8 heteroatoms. The molecule has 0 aliphatic carbocycles. The molecule has 2 heterocycles. The summed E-state index contributed by atoms with van der Waals surface area (Å²) in [4.78, 5) is 26.9. The van der Waals surface area contributed by atoms with Crippen LogP contribution in [-0.2, 0) is 11.3 Å². The zero-order valence-corrected chi connectivity index (χ0v) is 19.9. The van der Waals surface area contributed by atoms with E-state index in [9.17, 15) is 9.59 Å². The van der Waals surface area contributed by atoms with Gasteiger partial charge < -0.3 is 10.2 Å². The highest BCUT2D eigenvalue weighted by Gasteiger charge is 2.18. The maximum atomic E-state index is 12.6. The lowest BCUT2D eigenvalue weighted by Gasteiger charge is -2.26. The zero-order valence-electron chi connectivity index (χ0n) is 19.1.